The molecule has 188 valence electrons. The van der Waals surface area contributed by atoms with Crippen molar-refractivity contribution in [3.8, 4) is 29.4 Å². The van der Waals surface area contributed by atoms with Gasteiger partial charge in [0.1, 0.15) is 22.2 Å². The Morgan fingerprint density at radius 1 is 1.16 bits per heavy atom. The zero-order valence-electron chi connectivity index (χ0n) is 20.1. The van der Waals surface area contributed by atoms with Crippen LogP contribution in [-0.4, -0.2) is 42.6 Å². The van der Waals surface area contributed by atoms with Gasteiger partial charge in [-0.3, -0.25) is 4.57 Å². The zero-order chi connectivity index (χ0) is 26.1. The van der Waals surface area contributed by atoms with Gasteiger partial charge in [-0.2, -0.15) is 10.2 Å². The number of rotatable bonds is 5. The monoisotopic (exact) mass is 518 g/mol. The molecule has 2 bridgehead atoms. The molecule has 4 aromatic rings. The summed E-state index contributed by atoms with van der Waals surface area (Å²) >= 11 is 6.01. The number of aryl methyl sites for hydroxylation is 1. The van der Waals surface area contributed by atoms with E-state index in [2.05, 4.69) is 16.0 Å². The van der Waals surface area contributed by atoms with Crippen molar-refractivity contribution in [1.29, 1.82) is 5.26 Å². The summed E-state index contributed by atoms with van der Waals surface area (Å²) in [6.45, 7) is 3.57. The van der Waals surface area contributed by atoms with E-state index in [-0.39, 0.29) is 36.4 Å². The van der Waals surface area contributed by atoms with Crippen LogP contribution in [0.25, 0.3) is 16.5 Å². The smallest absolute Gasteiger partial charge is 0.218 e. The summed E-state index contributed by atoms with van der Waals surface area (Å²) in [5.41, 5.74) is -0.555. The van der Waals surface area contributed by atoms with Gasteiger partial charge in [0.05, 0.1) is 41.2 Å². The minimum absolute atomic E-state index is 0.153. The third-order valence-corrected chi connectivity index (χ3v) is 7.63. The van der Waals surface area contributed by atoms with Crippen LogP contribution >= 0.6 is 11.6 Å². The lowest BCUT2D eigenvalue weighted by Gasteiger charge is -2.26. The minimum Gasteiger partial charge on any atom is -0.494 e. The lowest BCUT2D eigenvalue weighted by Crippen LogP contribution is -2.33. The quantitative estimate of drug-likeness (QED) is 0.332. The van der Waals surface area contributed by atoms with Crippen molar-refractivity contribution in [2.75, 3.05) is 6.61 Å². The largest absolute Gasteiger partial charge is 0.494 e. The number of aromatic nitrogens is 3. The molecule has 0 amide bonds. The topological polar surface area (TPSA) is 134 Å². The van der Waals surface area contributed by atoms with Gasteiger partial charge in [0.2, 0.25) is 17.6 Å². The molecule has 0 unspecified atom stereocenters. The van der Waals surface area contributed by atoms with Crippen LogP contribution in [0, 0.1) is 18.3 Å². The number of hydrogen-bond donors (Lipinski definition) is 3. The first-order valence-corrected chi connectivity index (χ1v) is 12.2. The van der Waals surface area contributed by atoms with E-state index < -0.39 is 17.3 Å². The Bertz CT molecular complexity index is 1610. The summed E-state index contributed by atoms with van der Waals surface area (Å²) in [5, 5.41) is 45.1. The van der Waals surface area contributed by atoms with Crippen LogP contribution in [0.5, 0.6) is 17.6 Å². The SMILES string of the molecule is Cc1nc(Cl)cc(OCC[C@@]23C[C@@H](O)[C@@](C)(O2)c2c3c(O)n(-c3ccc(C#N)c4ccccc34)c2O)n1. The standard InChI is InChI=1S/C27H23ClN4O5/c1-14-30-20(28)11-21(31-14)36-10-9-27-12-19(33)26(2,37-27)22-23(27)25(35)32(24(22)34)18-8-7-15(13-29)16-5-3-4-6-17(16)18/h3-8,11,19,33-35H,9-10,12H2,1-2H3/t19-,26-,27+/m1/s1. The summed E-state index contributed by atoms with van der Waals surface area (Å²) < 4.78 is 13.5. The van der Waals surface area contributed by atoms with Gasteiger partial charge in [0.15, 0.2) is 0 Å². The third kappa shape index (κ3) is 3.30. The summed E-state index contributed by atoms with van der Waals surface area (Å²) in [7, 11) is 0. The number of aliphatic hydroxyl groups excluding tert-OH is 1. The predicted molar refractivity (Wildman–Crippen MR) is 134 cm³/mol. The van der Waals surface area contributed by atoms with Crippen LogP contribution < -0.4 is 4.74 Å². The number of nitrogens with zero attached hydrogens (tertiary/aromatic N) is 4. The Balaban J connectivity index is 1.44. The highest BCUT2D eigenvalue weighted by atomic mass is 35.5. The summed E-state index contributed by atoms with van der Waals surface area (Å²) in [6.07, 6.45) is -0.415. The number of aromatic hydroxyl groups is 2. The van der Waals surface area contributed by atoms with Gasteiger partial charge < -0.3 is 24.8 Å². The number of ether oxygens (including phenoxy) is 2. The molecule has 2 aliphatic rings. The first-order chi connectivity index (χ1) is 17.7. The molecule has 10 heteroatoms. The second-order valence-corrected chi connectivity index (χ2v) is 10.0. The second kappa shape index (κ2) is 8.08. The average molecular weight is 519 g/mol. The van der Waals surface area contributed by atoms with Crippen molar-refractivity contribution in [2.24, 2.45) is 0 Å². The predicted octanol–water partition coefficient (Wildman–Crippen LogP) is 4.34. The third-order valence-electron chi connectivity index (χ3n) is 7.44. The minimum atomic E-state index is -1.22. The molecular weight excluding hydrogens is 496 g/mol. The maximum absolute atomic E-state index is 11.5. The van der Waals surface area contributed by atoms with E-state index >= 15 is 0 Å². The lowest BCUT2D eigenvalue weighted by atomic mass is 9.76. The van der Waals surface area contributed by atoms with Gasteiger partial charge in [-0.1, -0.05) is 35.9 Å². The van der Waals surface area contributed by atoms with Crippen molar-refractivity contribution >= 4 is 22.4 Å². The molecule has 9 nitrogen and oxygen atoms in total. The molecule has 1 fully saturated rings. The first-order valence-electron chi connectivity index (χ1n) is 11.8. The molecule has 2 aliphatic heterocycles. The average Bonchev–Trinajstić information content (AvgIpc) is 3.39. The number of fused-ring (bicyclic) bond motifs is 6. The number of aliphatic hydroxyl groups is 1. The molecular formula is C27H23ClN4O5. The van der Waals surface area contributed by atoms with Crippen LogP contribution in [-0.2, 0) is 15.9 Å². The van der Waals surface area contributed by atoms with Crippen molar-refractivity contribution in [2.45, 2.75) is 44.0 Å². The molecule has 0 aliphatic carbocycles. The molecule has 37 heavy (non-hydrogen) atoms. The molecule has 4 heterocycles. The number of benzene rings is 2. The Hall–Kier alpha value is -3.84. The van der Waals surface area contributed by atoms with Gasteiger partial charge in [-0.25, -0.2) is 4.98 Å². The van der Waals surface area contributed by atoms with Crippen molar-refractivity contribution in [1.82, 2.24) is 14.5 Å². The molecule has 0 saturated carbocycles. The summed E-state index contributed by atoms with van der Waals surface area (Å²) in [4.78, 5) is 8.25. The van der Waals surface area contributed by atoms with Crippen LogP contribution in [0.15, 0.2) is 42.5 Å². The van der Waals surface area contributed by atoms with Gasteiger partial charge in [-0.05, 0) is 26.0 Å². The van der Waals surface area contributed by atoms with E-state index in [1.807, 2.05) is 24.3 Å². The summed E-state index contributed by atoms with van der Waals surface area (Å²) in [6, 6.07) is 14.3. The number of hydrogen-bond acceptors (Lipinski definition) is 8. The highest BCUT2D eigenvalue weighted by molar-refractivity contribution is 6.29. The van der Waals surface area contributed by atoms with Crippen molar-refractivity contribution < 1.29 is 24.8 Å². The van der Waals surface area contributed by atoms with E-state index in [0.717, 1.165) is 0 Å². The van der Waals surface area contributed by atoms with Gasteiger partial charge in [-0.15, -0.1) is 0 Å². The fourth-order valence-corrected chi connectivity index (χ4v) is 6.04. The van der Waals surface area contributed by atoms with E-state index in [1.54, 1.807) is 26.0 Å². The molecule has 3 atom stereocenters. The first kappa shape index (κ1) is 23.6. The number of nitriles is 1. The van der Waals surface area contributed by atoms with E-state index in [4.69, 9.17) is 21.1 Å². The van der Waals surface area contributed by atoms with Gasteiger partial charge >= 0.3 is 0 Å². The van der Waals surface area contributed by atoms with E-state index in [0.29, 0.717) is 44.9 Å². The maximum Gasteiger partial charge on any atom is 0.218 e. The molecule has 2 aromatic heterocycles. The fourth-order valence-electron chi connectivity index (χ4n) is 5.82. The van der Waals surface area contributed by atoms with Gasteiger partial charge in [0, 0.05) is 29.7 Å². The van der Waals surface area contributed by atoms with Crippen LogP contribution in [0.2, 0.25) is 5.15 Å². The van der Waals surface area contributed by atoms with Crippen molar-refractivity contribution in [3.05, 3.63) is 70.1 Å². The molecule has 0 spiro atoms. The molecule has 1 saturated heterocycles. The Kier molecular flexibility index (Phi) is 5.14. The molecule has 0 radical (unpaired) electrons. The zero-order valence-corrected chi connectivity index (χ0v) is 20.8. The number of halogens is 1. The van der Waals surface area contributed by atoms with Gasteiger partial charge in [0.25, 0.3) is 0 Å². The molecule has 6 rings (SSSR count). The fraction of sp³-hybridized carbons (Fsp3) is 0.296. The maximum atomic E-state index is 11.5. The normalized spacial score (nSPS) is 23.8. The lowest BCUT2D eigenvalue weighted by molar-refractivity contribution is -0.107. The van der Waals surface area contributed by atoms with Crippen LogP contribution in [0.1, 0.15) is 42.3 Å². The van der Waals surface area contributed by atoms with Crippen molar-refractivity contribution in [3.63, 3.8) is 0 Å². The molecule has 3 N–H and O–H groups in total. The highest BCUT2D eigenvalue weighted by Gasteiger charge is 2.66. The molecule has 2 aromatic carbocycles. The Morgan fingerprint density at radius 3 is 2.62 bits per heavy atom. The van der Waals surface area contributed by atoms with Crippen LogP contribution in [0.3, 0.4) is 0 Å². The highest BCUT2D eigenvalue weighted by Crippen LogP contribution is 2.65. The second-order valence-electron chi connectivity index (χ2n) is 9.62. The van der Waals surface area contributed by atoms with Crippen LogP contribution in [0.4, 0.5) is 0 Å². The van der Waals surface area contributed by atoms with E-state index in [9.17, 15) is 20.6 Å². The summed E-state index contributed by atoms with van der Waals surface area (Å²) in [5.74, 6) is 0.379. The Morgan fingerprint density at radius 2 is 1.89 bits per heavy atom. The Labute approximate surface area is 217 Å². The van der Waals surface area contributed by atoms with E-state index in [1.165, 1.54) is 10.6 Å².